The third-order valence-corrected chi connectivity index (χ3v) is 6.21. The summed E-state index contributed by atoms with van der Waals surface area (Å²) >= 11 is 1.32. The summed E-state index contributed by atoms with van der Waals surface area (Å²) in [7, 11) is 0. The van der Waals surface area contributed by atoms with Crippen LogP contribution in [0.5, 0.6) is 5.75 Å². The number of halogens is 1. The van der Waals surface area contributed by atoms with E-state index < -0.39 is 0 Å². The highest BCUT2D eigenvalue weighted by Gasteiger charge is 2.22. The molecule has 1 aliphatic heterocycles. The summed E-state index contributed by atoms with van der Waals surface area (Å²) in [6.45, 7) is 4.15. The molecule has 0 bridgehead atoms. The quantitative estimate of drug-likeness (QED) is 0.358. The van der Waals surface area contributed by atoms with Crippen LogP contribution in [-0.4, -0.2) is 52.3 Å². The number of thioether (sulfide) groups is 1. The average molecular weight is 471 g/mol. The number of carbonyl (C=O) groups is 1. The molecular weight excluding hydrogens is 443 g/mol. The first-order valence-corrected chi connectivity index (χ1v) is 12.0. The SMILES string of the molecule is Cc1cccc(OCCNC(=O)CSc2nnc(-c3ccc(F)cc3)n2CC2CCCO2)c1. The molecule has 9 heteroatoms. The second-order valence-corrected chi connectivity index (χ2v) is 8.80. The van der Waals surface area contributed by atoms with E-state index in [4.69, 9.17) is 9.47 Å². The Kier molecular flexibility index (Phi) is 7.96. The fourth-order valence-corrected chi connectivity index (χ4v) is 4.39. The summed E-state index contributed by atoms with van der Waals surface area (Å²) in [6.07, 6.45) is 2.06. The van der Waals surface area contributed by atoms with E-state index in [1.165, 1.54) is 23.9 Å². The number of rotatable bonds is 10. The van der Waals surface area contributed by atoms with Crippen LogP contribution in [-0.2, 0) is 16.1 Å². The van der Waals surface area contributed by atoms with Crippen molar-refractivity contribution in [1.82, 2.24) is 20.1 Å². The van der Waals surface area contributed by atoms with Gasteiger partial charge in [-0.25, -0.2) is 4.39 Å². The first-order valence-electron chi connectivity index (χ1n) is 11.0. The molecule has 1 N–H and O–H groups in total. The van der Waals surface area contributed by atoms with E-state index in [1.807, 2.05) is 35.8 Å². The Morgan fingerprint density at radius 1 is 1.27 bits per heavy atom. The molecule has 1 aliphatic rings. The summed E-state index contributed by atoms with van der Waals surface area (Å²) < 4.78 is 26.8. The van der Waals surface area contributed by atoms with Crippen molar-refractivity contribution < 1.29 is 18.7 Å². The lowest BCUT2D eigenvalue weighted by Gasteiger charge is -2.14. The Balaban J connectivity index is 1.33. The van der Waals surface area contributed by atoms with Crippen molar-refractivity contribution in [3.8, 4) is 17.1 Å². The monoisotopic (exact) mass is 470 g/mol. The molecule has 0 radical (unpaired) electrons. The van der Waals surface area contributed by atoms with Crippen molar-refractivity contribution in [1.29, 1.82) is 0 Å². The first-order chi connectivity index (χ1) is 16.1. The Hall–Kier alpha value is -2.91. The van der Waals surface area contributed by atoms with Crippen molar-refractivity contribution in [3.05, 3.63) is 59.9 Å². The highest BCUT2D eigenvalue weighted by molar-refractivity contribution is 7.99. The van der Waals surface area contributed by atoms with E-state index in [0.29, 0.717) is 30.7 Å². The van der Waals surface area contributed by atoms with Crippen LogP contribution in [0.3, 0.4) is 0 Å². The Bertz CT molecular complexity index is 1070. The van der Waals surface area contributed by atoms with Crippen molar-refractivity contribution in [2.75, 3.05) is 25.5 Å². The molecule has 0 saturated carbocycles. The van der Waals surface area contributed by atoms with Crippen LogP contribution in [0, 0.1) is 12.7 Å². The minimum Gasteiger partial charge on any atom is -0.492 e. The molecule has 174 valence electrons. The van der Waals surface area contributed by atoms with Crippen LogP contribution in [0.1, 0.15) is 18.4 Å². The summed E-state index contributed by atoms with van der Waals surface area (Å²) in [6, 6.07) is 14.0. The molecule has 1 saturated heterocycles. The van der Waals surface area contributed by atoms with E-state index in [-0.39, 0.29) is 23.6 Å². The van der Waals surface area contributed by atoms with Crippen molar-refractivity contribution in [2.24, 2.45) is 0 Å². The first kappa shape index (κ1) is 23.3. The van der Waals surface area contributed by atoms with Crippen molar-refractivity contribution in [2.45, 2.75) is 37.6 Å². The van der Waals surface area contributed by atoms with Gasteiger partial charge in [-0.1, -0.05) is 23.9 Å². The maximum atomic E-state index is 13.4. The molecule has 1 unspecified atom stereocenters. The number of aryl methyl sites for hydroxylation is 1. The highest BCUT2D eigenvalue weighted by Crippen LogP contribution is 2.26. The molecule has 33 heavy (non-hydrogen) atoms. The molecule has 1 amide bonds. The maximum absolute atomic E-state index is 13.4. The Morgan fingerprint density at radius 3 is 2.88 bits per heavy atom. The topological polar surface area (TPSA) is 78.3 Å². The minimum absolute atomic E-state index is 0.0761. The number of amides is 1. The number of hydrogen-bond donors (Lipinski definition) is 1. The van der Waals surface area contributed by atoms with Gasteiger partial charge in [0.2, 0.25) is 5.91 Å². The molecule has 1 atom stereocenters. The molecule has 2 heterocycles. The molecular formula is C24H27FN4O3S. The van der Waals surface area contributed by atoms with Gasteiger partial charge in [-0.15, -0.1) is 10.2 Å². The molecule has 3 aromatic rings. The standard InChI is InChI=1S/C24H27FN4O3S/c1-17-4-2-5-20(14-17)32-13-11-26-22(30)16-33-24-28-27-23(18-7-9-19(25)10-8-18)29(24)15-21-6-3-12-31-21/h2,4-5,7-10,14,21H,3,6,11-13,15-16H2,1H3,(H,26,30). The molecule has 1 aromatic heterocycles. The second kappa shape index (κ2) is 11.3. The fourth-order valence-electron chi connectivity index (χ4n) is 3.61. The lowest BCUT2D eigenvalue weighted by Crippen LogP contribution is -2.29. The zero-order chi connectivity index (χ0) is 23.0. The number of carbonyl (C=O) groups excluding carboxylic acids is 1. The van der Waals surface area contributed by atoms with Gasteiger partial charge in [-0.3, -0.25) is 9.36 Å². The van der Waals surface area contributed by atoms with Gasteiger partial charge in [0.1, 0.15) is 18.2 Å². The Labute approximate surface area is 196 Å². The third-order valence-electron chi connectivity index (χ3n) is 5.24. The zero-order valence-electron chi connectivity index (χ0n) is 18.5. The van der Waals surface area contributed by atoms with Crippen LogP contribution < -0.4 is 10.1 Å². The maximum Gasteiger partial charge on any atom is 0.230 e. The number of ether oxygens (including phenoxy) is 2. The van der Waals surface area contributed by atoms with Gasteiger partial charge in [-0.2, -0.15) is 0 Å². The van der Waals surface area contributed by atoms with Crippen LogP contribution in [0.4, 0.5) is 4.39 Å². The molecule has 0 aliphatic carbocycles. The van der Waals surface area contributed by atoms with Crippen molar-refractivity contribution >= 4 is 17.7 Å². The van der Waals surface area contributed by atoms with E-state index in [9.17, 15) is 9.18 Å². The lowest BCUT2D eigenvalue weighted by molar-refractivity contribution is -0.118. The summed E-state index contributed by atoms with van der Waals surface area (Å²) in [5.41, 5.74) is 1.89. The largest absolute Gasteiger partial charge is 0.492 e. The summed E-state index contributed by atoms with van der Waals surface area (Å²) in [4.78, 5) is 12.3. The van der Waals surface area contributed by atoms with Gasteiger partial charge in [0.05, 0.1) is 24.9 Å². The number of aromatic nitrogens is 3. The average Bonchev–Trinajstić information content (AvgIpc) is 3.46. The third kappa shape index (κ3) is 6.55. The molecule has 1 fully saturated rings. The smallest absolute Gasteiger partial charge is 0.230 e. The molecule has 2 aromatic carbocycles. The van der Waals surface area contributed by atoms with Crippen LogP contribution in [0.2, 0.25) is 0 Å². The molecule has 7 nitrogen and oxygen atoms in total. The fraction of sp³-hybridized carbons (Fsp3) is 0.375. The predicted molar refractivity (Wildman–Crippen MR) is 125 cm³/mol. The summed E-state index contributed by atoms with van der Waals surface area (Å²) in [5.74, 6) is 1.22. The predicted octanol–water partition coefficient (Wildman–Crippen LogP) is 3.86. The van der Waals surface area contributed by atoms with Gasteiger partial charge in [0, 0.05) is 12.2 Å². The van der Waals surface area contributed by atoms with Crippen molar-refractivity contribution in [3.63, 3.8) is 0 Å². The normalized spacial score (nSPS) is 15.5. The zero-order valence-corrected chi connectivity index (χ0v) is 19.3. The number of benzene rings is 2. The minimum atomic E-state index is -0.304. The van der Waals surface area contributed by atoms with E-state index in [2.05, 4.69) is 15.5 Å². The Morgan fingerprint density at radius 2 is 2.12 bits per heavy atom. The van der Waals surface area contributed by atoms with Crippen LogP contribution in [0.15, 0.2) is 53.7 Å². The van der Waals surface area contributed by atoms with Crippen LogP contribution in [0.25, 0.3) is 11.4 Å². The van der Waals surface area contributed by atoms with Gasteiger partial charge in [-0.05, 0) is 61.7 Å². The molecule has 4 rings (SSSR count). The van der Waals surface area contributed by atoms with E-state index >= 15 is 0 Å². The highest BCUT2D eigenvalue weighted by atomic mass is 32.2. The number of hydrogen-bond acceptors (Lipinski definition) is 6. The van der Waals surface area contributed by atoms with Gasteiger partial charge < -0.3 is 14.8 Å². The molecule has 0 spiro atoms. The lowest BCUT2D eigenvalue weighted by atomic mass is 10.2. The van der Waals surface area contributed by atoms with Crippen LogP contribution >= 0.6 is 11.8 Å². The van der Waals surface area contributed by atoms with Gasteiger partial charge in [0.25, 0.3) is 0 Å². The van der Waals surface area contributed by atoms with Gasteiger partial charge >= 0.3 is 0 Å². The van der Waals surface area contributed by atoms with E-state index in [1.54, 1.807) is 12.1 Å². The number of nitrogens with one attached hydrogen (secondary N) is 1. The second-order valence-electron chi connectivity index (χ2n) is 7.86. The van der Waals surface area contributed by atoms with E-state index in [0.717, 1.165) is 36.3 Å². The summed E-state index contributed by atoms with van der Waals surface area (Å²) in [5, 5.41) is 12.1. The van der Waals surface area contributed by atoms with Gasteiger partial charge in [0.15, 0.2) is 11.0 Å². The number of nitrogens with zero attached hydrogens (tertiary/aromatic N) is 3.